The van der Waals surface area contributed by atoms with Crippen LogP contribution in [0.15, 0.2) is 40.2 Å². The molecule has 0 unspecified atom stereocenters. The van der Waals surface area contributed by atoms with Crippen molar-refractivity contribution >= 4 is 27.3 Å². The molecule has 0 spiro atoms. The summed E-state index contributed by atoms with van der Waals surface area (Å²) in [7, 11) is 4.19. The molecule has 2 aromatic rings. The van der Waals surface area contributed by atoms with E-state index in [2.05, 4.69) is 68.9 Å². The van der Waals surface area contributed by atoms with Crippen LogP contribution in [0.2, 0.25) is 0 Å². The van der Waals surface area contributed by atoms with Gasteiger partial charge >= 0.3 is 0 Å². The van der Waals surface area contributed by atoms with Crippen molar-refractivity contribution in [3.63, 3.8) is 0 Å². The molecule has 0 saturated heterocycles. The van der Waals surface area contributed by atoms with Crippen molar-refractivity contribution in [2.24, 2.45) is 0 Å². The van der Waals surface area contributed by atoms with Crippen LogP contribution in [0.3, 0.4) is 0 Å². The van der Waals surface area contributed by atoms with E-state index >= 15 is 0 Å². The predicted molar refractivity (Wildman–Crippen MR) is 91.3 cm³/mol. The molecule has 0 aliphatic heterocycles. The third-order valence-corrected chi connectivity index (χ3v) is 4.93. The second-order valence-corrected chi connectivity index (χ2v) is 6.94. The summed E-state index contributed by atoms with van der Waals surface area (Å²) >= 11 is 5.32. The monoisotopic (exact) mass is 352 g/mol. The Kier molecular flexibility index (Phi) is 6.23. The maximum atomic E-state index is 3.51. The Balaban J connectivity index is 1.98. The fourth-order valence-corrected chi connectivity index (χ4v) is 3.79. The first kappa shape index (κ1) is 15.7. The summed E-state index contributed by atoms with van der Waals surface area (Å²) in [5, 5.41) is 5.37. The first-order valence-electron chi connectivity index (χ1n) is 6.82. The van der Waals surface area contributed by atoms with Crippen LogP contribution in [0.25, 0.3) is 0 Å². The molecule has 0 aliphatic rings. The zero-order valence-corrected chi connectivity index (χ0v) is 14.4. The van der Waals surface area contributed by atoms with Gasteiger partial charge in [0.2, 0.25) is 0 Å². The lowest BCUT2D eigenvalue weighted by Gasteiger charge is -2.18. The SMILES string of the molecule is CNCCc1ccccc1CN(C)Cc1cc(Br)cs1. The Labute approximate surface area is 133 Å². The maximum Gasteiger partial charge on any atom is 0.0328 e. The van der Waals surface area contributed by atoms with Crippen LogP contribution >= 0.6 is 27.3 Å². The number of rotatable bonds is 7. The number of halogens is 1. The molecule has 0 aliphatic carbocycles. The second kappa shape index (κ2) is 7.93. The van der Waals surface area contributed by atoms with Gasteiger partial charge in [-0.05, 0) is 60.2 Å². The largest absolute Gasteiger partial charge is 0.319 e. The van der Waals surface area contributed by atoms with E-state index in [4.69, 9.17) is 0 Å². The third-order valence-electron chi connectivity index (χ3n) is 3.25. The van der Waals surface area contributed by atoms with Crippen molar-refractivity contribution in [3.05, 3.63) is 56.2 Å². The molecule has 0 amide bonds. The Morgan fingerprint density at radius 2 is 1.95 bits per heavy atom. The second-order valence-electron chi connectivity index (χ2n) is 5.03. The number of hydrogen-bond donors (Lipinski definition) is 1. The van der Waals surface area contributed by atoms with Gasteiger partial charge in [0, 0.05) is 27.8 Å². The molecule has 1 N–H and O–H groups in total. The minimum absolute atomic E-state index is 0.995. The average molecular weight is 353 g/mol. The van der Waals surface area contributed by atoms with Crippen LogP contribution in [0.5, 0.6) is 0 Å². The fraction of sp³-hybridized carbons (Fsp3) is 0.375. The molecule has 20 heavy (non-hydrogen) atoms. The average Bonchev–Trinajstić information content (AvgIpc) is 2.83. The summed E-state index contributed by atoms with van der Waals surface area (Å²) in [6.07, 6.45) is 1.09. The smallest absolute Gasteiger partial charge is 0.0328 e. The molecule has 108 valence electrons. The minimum atomic E-state index is 0.995. The van der Waals surface area contributed by atoms with Crippen LogP contribution in [0.1, 0.15) is 16.0 Å². The van der Waals surface area contributed by atoms with Crippen molar-refractivity contribution in [2.45, 2.75) is 19.5 Å². The van der Waals surface area contributed by atoms with Crippen molar-refractivity contribution < 1.29 is 0 Å². The molecule has 2 nitrogen and oxygen atoms in total. The van der Waals surface area contributed by atoms with Crippen LogP contribution in [-0.2, 0) is 19.5 Å². The Morgan fingerprint density at radius 1 is 1.20 bits per heavy atom. The van der Waals surface area contributed by atoms with Gasteiger partial charge in [0.15, 0.2) is 0 Å². The third kappa shape index (κ3) is 4.70. The predicted octanol–water partition coefficient (Wildman–Crippen LogP) is 3.90. The van der Waals surface area contributed by atoms with Crippen molar-refractivity contribution in [2.75, 3.05) is 20.6 Å². The molecular weight excluding hydrogens is 332 g/mol. The van der Waals surface area contributed by atoms with Crippen LogP contribution < -0.4 is 5.32 Å². The number of benzene rings is 1. The van der Waals surface area contributed by atoms with Gasteiger partial charge in [-0.3, -0.25) is 4.90 Å². The number of hydrogen-bond acceptors (Lipinski definition) is 3. The van der Waals surface area contributed by atoms with E-state index < -0.39 is 0 Å². The van der Waals surface area contributed by atoms with Crippen LogP contribution in [0, 0.1) is 0 Å². The van der Waals surface area contributed by atoms with E-state index in [-0.39, 0.29) is 0 Å². The van der Waals surface area contributed by atoms with Gasteiger partial charge in [0.1, 0.15) is 0 Å². The zero-order chi connectivity index (χ0) is 14.4. The molecule has 4 heteroatoms. The van der Waals surface area contributed by atoms with E-state index in [0.717, 1.165) is 26.1 Å². The van der Waals surface area contributed by atoms with Crippen molar-refractivity contribution in [3.8, 4) is 0 Å². The fourth-order valence-electron chi connectivity index (χ4n) is 2.26. The van der Waals surface area contributed by atoms with Gasteiger partial charge in [0.05, 0.1) is 0 Å². The highest BCUT2D eigenvalue weighted by Crippen LogP contribution is 2.21. The van der Waals surface area contributed by atoms with Crippen molar-refractivity contribution in [1.29, 1.82) is 0 Å². The van der Waals surface area contributed by atoms with Crippen LogP contribution in [0.4, 0.5) is 0 Å². The van der Waals surface area contributed by atoms with Gasteiger partial charge in [-0.1, -0.05) is 24.3 Å². The molecule has 1 heterocycles. The lowest BCUT2D eigenvalue weighted by molar-refractivity contribution is 0.321. The number of thiophene rings is 1. The number of likely N-dealkylation sites (N-methyl/N-ethyl adjacent to an activating group) is 1. The van der Waals surface area contributed by atoms with E-state index in [1.54, 1.807) is 0 Å². The van der Waals surface area contributed by atoms with Gasteiger partial charge in [-0.2, -0.15) is 0 Å². The minimum Gasteiger partial charge on any atom is -0.319 e. The Hall–Kier alpha value is -0.680. The first-order chi connectivity index (χ1) is 9.69. The van der Waals surface area contributed by atoms with Gasteiger partial charge in [-0.25, -0.2) is 0 Å². The van der Waals surface area contributed by atoms with E-state index in [0.29, 0.717) is 0 Å². The topological polar surface area (TPSA) is 15.3 Å². The molecular formula is C16H21BrN2S. The molecule has 0 atom stereocenters. The standard InChI is InChI=1S/C16H21BrN2S/c1-18-8-7-13-5-3-4-6-14(13)10-19(2)11-16-9-15(17)12-20-16/h3-6,9,12,18H,7-8,10-11H2,1-2H3. The normalized spacial score (nSPS) is 11.2. The molecule has 1 aromatic heterocycles. The summed E-state index contributed by atoms with van der Waals surface area (Å²) < 4.78 is 1.18. The van der Waals surface area contributed by atoms with Gasteiger partial charge in [0.25, 0.3) is 0 Å². The Bertz CT molecular complexity index is 539. The van der Waals surface area contributed by atoms with Crippen molar-refractivity contribution in [1.82, 2.24) is 10.2 Å². The first-order valence-corrected chi connectivity index (χ1v) is 8.49. The molecule has 0 fully saturated rings. The lowest BCUT2D eigenvalue weighted by atomic mass is 10.0. The summed E-state index contributed by atoms with van der Waals surface area (Å²) in [4.78, 5) is 3.77. The molecule has 1 aromatic carbocycles. The van der Waals surface area contributed by atoms with Crippen LogP contribution in [-0.4, -0.2) is 25.5 Å². The van der Waals surface area contributed by atoms with E-state index in [1.165, 1.54) is 20.5 Å². The molecule has 0 radical (unpaired) electrons. The lowest BCUT2D eigenvalue weighted by Crippen LogP contribution is -2.18. The Morgan fingerprint density at radius 3 is 2.60 bits per heavy atom. The number of nitrogens with one attached hydrogen (secondary N) is 1. The summed E-state index contributed by atoms with van der Waals surface area (Å²) in [5.41, 5.74) is 2.88. The highest BCUT2D eigenvalue weighted by Gasteiger charge is 2.07. The molecule has 2 rings (SSSR count). The molecule has 0 saturated carbocycles. The zero-order valence-electron chi connectivity index (χ0n) is 12.0. The maximum absolute atomic E-state index is 3.51. The quantitative estimate of drug-likeness (QED) is 0.812. The summed E-state index contributed by atoms with van der Waals surface area (Å²) in [5.74, 6) is 0. The molecule has 0 bridgehead atoms. The van der Waals surface area contributed by atoms with Gasteiger partial charge in [-0.15, -0.1) is 11.3 Å². The number of nitrogens with zero attached hydrogens (tertiary/aromatic N) is 1. The summed E-state index contributed by atoms with van der Waals surface area (Å²) in [6, 6.07) is 10.9. The summed E-state index contributed by atoms with van der Waals surface area (Å²) in [6.45, 7) is 3.02. The van der Waals surface area contributed by atoms with E-state index in [9.17, 15) is 0 Å². The van der Waals surface area contributed by atoms with Gasteiger partial charge < -0.3 is 5.32 Å². The highest BCUT2D eigenvalue weighted by molar-refractivity contribution is 9.10. The highest BCUT2D eigenvalue weighted by atomic mass is 79.9. The van der Waals surface area contributed by atoms with E-state index in [1.807, 2.05) is 18.4 Å².